The van der Waals surface area contributed by atoms with Gasteiger partial charge in [0.05, 0.1) is 12.8 Å². The zero-order valence-corrected chi connectivity index (χ0v) is 18.1. The molecule has 0 aliphatic carbocycles. The molecule has 3 aliphatic rings. The average molecular weight is 422 g/mol. The number of benzene rings is 1. The summed E-state index contributed by atoms with van der Waals surface area (Å²) in [4.78, 5) is 27.7. The van der Waals surface area contributed by atoms with E-state index in [-0.39, 0.29) is 30.3 Å². The molecule has 3 unspecified atom stereocenters. The second-order valence-corrected chi connectivity index (χ2v) is 8.62. The van der Waals surface area contributed by atoms with Crippen LogP contribution in [0.5, 0.6) is 5.75 Å². The third kappa shape index (κ3) is 4.86. The van der Waals surface area contributed by atoms with Gasteiger partial charge in [-0.05, 0) is 69.1 Å². The number of aryl methyl sites for hydroxylation is 1. The first-order valence-corrected chi connectivity index (χ1v) is 10.5. The minimum atomic E-state index is -0.379. The highest BCUT2D eigenvalue weighted by molar-refractivity contribution is 5.98. The van der Waals surface area contributed by atoms with Crippen LogP contribution in [0.1, 0.15) is 50.5 Å². The molecule has 1 aromatic carbocycles. The molecular formula is C22H32ClN3O3. The summed E-state index contributed by atoms with van der Waals surface area (Å²) in [5.74, 6) is 1.12. The first-order chi connectivity index (χ1) is 13.5. The zero-order valence-electron chi connectivity index (χ0n) is 17.3. The molecule has 1 aromatic rings. The van der Waals surface area contributed by atoms with Crippen LogP contribution in [0, 0.1) is 12.8 Å². The molecule has 3 heterocycles. The van der Waals surface area contributed by atoms with Crippen LogP contribution < -0.4 is 15.4 Å². The number of rotatable bonds is 5. The van der Waals surface area contributed by atoms with Gasteiger partial charge >= 0.3 is 0 Å². The Balaban J connectivity index is 0.00000240. The number of likely N-dealkylation sites (tertiary alicyclic amines) is 1. The monoisotopic (exact) mass is 421 g/mol. The number of fused-ring (bicyclic) bond motifs is 2. The van der Waals surface area contributed by atoms with Crippen LogP contribution in [0.15, 0.2) is 18.2 Å². The highest BCUT2D eigenvalue weighted by Gasteiger charge is 2.38. The van der Waals surface area contributed by atoms with Crippen molar-refractivity contribution in [3.05, 3.63) is 23.8 Å². The standard InChI is InChI=1S/C22H31N3O3.ClH/c1-14-5-8-20(28-2)18(10-14)24-22(27)19-4-3-9-25(19)21(26)13-15-11-16-6-7-17(12-15)23-16;/h5,8,10,15-17,19,23H,3-4,6-7,9,11-13H2,1-2H3,(H,24,27);1H. The van der Waals surface area contributed by atoms with Gasteiger partial charge in [0.25, 0.3) is 0 Å². The molecule has 29 heavy (non-hydrogen) atoms. The Morgan fingerprint density at radius 2 is 1.93 bits per heavy atom. The van der Waals surface area contributed by atoms with Crippen molar-refractivity contribution in [1.29, 1.82) is 0 Å². The molecule has 3 atom stereocenters. The van der Waals surface area contributed by atoms with Gasteiger partial charge in [-0.25, -0.2) is 0 Å². The molecule has 2 amide bonds. The fraction of sp³-hybridized carbons (Fsp3) is 0.636. The van der Waals surface area contributed by atoms with Crippen LogP contribution in [0.2, 0.25) is 0 Å². The number of methoxy groups -OCH3 is 1. The number of hydrogen-bond acceptors (Lipinski definition) is 4. The molecule has 0 spiro atoms. The summed E-state index contributed by atoms with van der Waals surface area (Å²) < 4.78 is 5.36. The van der Waals surface area contributed by atoms with Crippen molar-refractivity contribution >= 4 is 29.9 Å². The summed E-state index contributed by atoms with van der Waals surface area (Å²) in [6.45, 7) is 2.66. The lowest BCUT2D eigenvalue weighted by Crippen LogP contribution is -2.45. The van der Waals surface area contributed by atoms with Crippen molar-refractivity contribution in [2.45, 2.75) is 70.0 Å². The minimum Gasteiger partial charge on any atom is -0.495 e. The molecule has 160 valence electrons. The number of carbonyl (C=O) groups excluding carboxylic acids is 2. The Kier molecular flexibility index (Phi) is 7.06. The Hall–Kier alpha value is -1.79. The number of carbonyl (C=O) groups is 2. The summed E-state index contributed by atoms with van der Waals surface area (Å²) in [7, 11) is 1.60. The minimum absolute atomic E-state index is 0. The first kappa shape index (κ1) is 21.9. The number of anilines is 1. The molecule has 7 heteroatoms. The highest BCUT2D eigenvalue weighted by Crippen LogP contribution is 2.34. The van der Waals surface area contributed by atoms with E-state index in [1.165, 1.54) is 12.8 Å². The van der Waals surface area contributed by atoms with Crippen LogP contribution >= 0.6 is 12.4 Å². The predicted molar refractivity (Wildman–Crippen MR) is 116 cm³/mol. The molecule has 0 aromatic heterocycles. The molecule has 2 bridgehead atoms. The van der Waals surface area contributed by atoms with Gasteiger partial charge in [0.1, 0.15) is 11.8 Å². The van der Waals surface area contributed by atoms with Crippen molar-refractivity contribution in [3.63, 3.8) is 0 Å². The number of nitrogens with one attached hydrogen (secondary N) is 2. The van der Waals surface area contributed by atoms with Gasteiger partial charge in [-0.15, -0.1) is 12.4 Å². The van der Waals surface area contributed by atoms with Crippen LogP contribution in [0.3, 0.4) is 0 Å². The van der Waals surface area contributed by atoms with Crippen molar-refractivity contribution in [2.75, 3.05) is 19.0 Å². The van der Waals surface area contributed by atoms with Crippen molar-refractivity contribution in [3.8, 4) is 5.75 Å². The van der Waals surface area contributed by atoms with E-state index in [0.29, 0.717) is 42.4 Å². The number of nitrogens with zero attached hydrogens (tertiary/aromatic N) is 1. The van der Waals surface area contributed by atoms with E-state index in [4.69, 9.17) is 4.74 Å². The Morgan fingerprint density at radius 1 is 1.21 bits per heavy atom. The SMILES string of the molecule is COc1ccc(C)cc1NC(=O)C1CCCN1C(=O)CC1CC2CCC(C1)N2.Cl. The molecule has 0 radical (unpaired) electrons. The van der Waals surface area contributed by atoms with Crippen molar-refractivity contribution < 1.29 is 14.3 Å². The molecule has 0 saturated carbocycles. The quantitative estimate of drug-likeness (QED) is 0.765. The topological polar surface area (TPSA) is 70.7 Å². The van der Waals surface area contributed by atoms with Crippen LogP contribution in [0.4, 0.5) is 5.69 Å². The fourth-order valence-corrected chi connectivity index (χ4v) is 5.18. The lowest BCUT2D eigenvalue weighted by molar-refractivity contribution is -0.137. The van der Waals surface area contributed by atoms with Crippen molar-refractivity contribution in [1.82, 2.24) is 10.2 Å². The van der Waals surface area contributed by atoms with Crippen LogP contribution in [0.25, 0.3) is 0 Å². The van der Waals surface area contributed by atoms with Gasteiger partial charge in [-0.2, -0.15) is 0 Å². The molecule has 3 fully saturated rings. The molecule has 6 nitrogen and oxygen atoms in total. The molecule has 2 N–H and O–H groups in total. The first-order valence-electron chi connectivity index (χ1n) is 10.5. The van der Waals surface area contributed by atoms with Gasteiger partial charge < -0.3 is 20.3 Å². The van der Waals surface area contributed by atoms with Crippen molar-refractivity contribution in [2.24, 2.45) is 5.92 Å². The lowest BCUT2D eigenvalue weighted by atomic mass is 9.89. The maximum atomic E-state index is 13.0. The van der Waals surface area contributed by atoms with Gasteiger partial charge in [0.2, 0.25) is 11.8 Å². The summed E-state index contributed by atoms with van der Waals surface area (Å²) in [6, 6.07) is 6.50. The lowest BCUT2D eigenvalue weighted by Gasteiger charge is -2.31. The third-order valence-electron chi connectivity index (χ3n) is 6.52. The summed E-state index contributed by atoms with van der Waals surface area (Å²) in [5.41, 5.74) is 1.72. The summed E-state index contributed by atoms with van der Waals surface area (Å²) >= 11 is 0. The summed E-state index contributed by atoms with van der Waals surface area (Å²) in [5, 5.41) is 6.62. The molecule has 4 rings (SSSR count). The molecular weight excluding hydrogens is 390 g/mol. The number of hydrogen-bond donors (Lipinski definition) is 2. The van der Waals surface area contributed by atoms with E-state index in [2.05, 4.69) is 10.6 Å². The molecule has 3 saturated heterocycles. The van der Waals surface area contributed by atoms with Gasteiger partial charge in [0, 0.05) is 25.0 Å². The second kappa shape index (κ2) is 9.35. The Morgan fingerprint density at radius 3 is 2.62 bits per heavy atom. The number of amides is 2. The predicted octanol–water partition coefficient (Wildman–Crippen LogP) is 3.28. The number of halogens is 1. The van der Waals surface area contributed by atoms with Gasteiger partial charge in [-0.3, -0.25) is 9.59 Å². The number of ether oxygens (including phenoxy) is 1. The van der Waals surface area contributed by atoms with E-state index in [9.17, 15) is 9.59 Å². The van der Waals surface area contributed by atoms with Crippen LogP contribution in [-0.4, -0.2) is 48.5 Å². The zero-order chi connectivity index (χ0) is 19.7. The van der Waals surface area contributed by atoms with E-state index in [1.54, 1.807) is 7.11 Å². The van der Waals surface area contributed by atoms with E-state index < -0.39 is 0 Å². The van der Waals surface area contributed by atoms with E-state index >= 15 is 0 Å². The van der Waals surface area contributed by atoms with Gasteiger partial charge in [-0.1, -0.05) is 6.07 Å². The second-order valence-electron chi connectivity index (χ2n) is 8.62. The average Bonchev–Trinajstić information content (AvgIpc) is 3.28. The van der Waals surface area contributed by atoms with Crippen LogP contribution in [-0.2, 0) is 9.59 Å². The van der Waals surface area contributed by atoms with E-state index in [1.807, 2.05) is 30.0 Å². The third-order valence-corrected chi connectivity index (χ3v) is 6.52. The summed E-state index contributed by atoms with van der Waals surface area (Å²) in [6.07, 6.45) is 6.84. The fourth-order valence-electron chi connectivity index (χ4n) is 5.18. The maximum absolute atomic E-state index is 13.0. The Labute approximate surface area is 179 Å². The Bertz CT molecular complexity index is 745. The highest BCUT2D eigenvalue weighted by atomic mass is 35.5. The number of piperidine rings is 1. The maximum Gasteiger partial charge on any atom is 0.247 e. The molecule has 3 aliphatic heterocycles. The normalized spacial score (nSPS) is 28.0. The van der Waals surface area contributed by atoms with Gasteiger partial charge in [0.15, 0.2) is 0 Å². The van der Waals surface area contributed by atoms with E-state index in [0.717, 1.165) is 31.2 Å². The smallest absolute Gasteiger partial charge is 0.247 e. The largest absolute Gasteiger partial charge is 0.495 e.